The molecule has 0 aliphatic carbocycles. The molecule has 0 spiro atoms. The summed E-state index contributed by atoms with van der Waals surface area (Å²) in [5.41, 5.74) is -0.750. The summed E-state index contributed by atoms with van der Waals surface area (Å²) in [5, 5.41) is 10.1. The summed E-state index contributed by atoms with van der Waals surface area (Å²) in [7, 11) is -0.611. The van der Waals surface area contributed by atoms with Crippen LogP contribution in [-0.4, -0.2) is 22.3 Å². The van der Waals surface area contributed by atoms with Gasteiger partial charge in [0, 0.05) is 23.3 Å². The van der Waals surface area contributed by atoms with Gasteiger partial charge in [-0.2, -0.15) is 0 Å². The van der Waals surface area contributed by atoms with Crippen molar-refractivity contribution >= 4 is 10.8 Å². The van der Waals surface area contributed by atoms with E-state index in [0.29, 0.717) is 0 Å². The third kappa shape index (κ3) is 244. The fourth-order valence-corrected chi connectivity index (χ4v) is 0. The van der Waals surface area contributed by atoms with Crippen LogP contribution in [0.4, 0.5) is 0 Å². The van der Waals surface area contributed by atoms with Gasteiger partial charge in [0.2, 0.25) is 0 Å². The van der Waals surface area contributed by atoms with Gasteiger partial charge in [-0.1, -0.05) is 20.8 Å². The maximum Gasteiger partial charge on any atom is 1.00 e. The second-order valence-electron chi connectivity index (χ2n) is 2.85. The molecule has 4 heteroatoms. The van der Waals surface area contributed by atoms with E-state index < -0.39 is 16.4 Å². The molecule has 0 aromatic carbocycles. The van der Waals surface area contributed by atoms with Crippen LogP contribution in [0.2, 0.25) is 0 Å². The number of hydrogen-bond donors (Lipinski definition) is 0. The first kappa shape index (κ1) is 17.7. The standard InChI is InChI=1S/C4H9O.C2H6OS.K/c1-4(2,3)5;1-4(2)3;/h1-3H3;1-2H3;/q-1;;+1. The molecule has 10 heavy (non-hydrogen) atoms. The summed E-state index contributed by atoms with van der Waals surface area (Å²) in [4.78, 5) is 0. The molecule has 0 saturated carbocycles. The Morgan fingerprint density at radius 3 is 1.20 bits per heavy atom. The Balaban J connectivity index is -0.0000000910. The SMILES string of the molecule is CC(C)(C)[O-].CS(C)=O.[K+]. The molecule has 0 atom stereocenters. The average molecular weight is 190 g/mol. The van der Waals surface area contributed by atoms with Gasteiger partial charge in [0.15, 0.2) is 0 Å². The van der Waals surface area contributed by atoms with Crippen LogP contribution in [0.1, 0.15) is 20.8 Å². The van der Waals surface area contributed by atoms with Crippen LogP contribution in [0.3, 0.4) is 0 Å². The molecule has 0 fully saturated rings. The second kappa shape index (κ2) is 8.84. The molecular weight excluding hydrogens is 175 g/mol. The summed E-state index contributed by atoms with van der Waals surface area (Å²) in [6, 6.07) is 0. The van der Waals surface area contributed by atoms with Crippen molar-refractivity contribution in [2.75, 3.05) is 12.5 Å². The quantitative estimate of drug-likeness (QED) is 0.386. The van der Waals surface area contributed by atoms with Crippen molar-refractivity contribution < 1.29 is 60.7 Å². The smallest absolute Gasteiger partial charge is 0.850 e. The van der Waals surface area contributed by atoms with Crippen LogP contribution >= 0.6 is 0 Å². The third-order valence-corrected chi connectivity index (χ3v) is 0. The fourth-order valence-electron chi connectivity index (χ4n) is 0. The van der Waals surface area contributed by atoms with Gasteiger partial charge in [-0.05, 0) is 0 Å². The Morgan fingerprint density at radius 1 is 1.20 bits per heavy atom. The average Bonchev–Trinajstić information content (AvgIpc) is 1.19. The molecule has 58 valence electrons. The molecule has 0 heterocycles. The summed E-state index contributed by atoms with van der Waals surface area (Å²) in [5.74, 6) is 0. The normalized spacial score (nSPS) is 9.50. The summed E-state index contributed by atoms with van der Waals surface area (Å²) in [6.45, 7) is 4.90. The first-order valence-corrected chi connectivity index (χ1v) is 4.65. The van der Waals surface area contributed by atoms with E-state index >= 15 is 0 Å². The molecule has 0 aromatic rings. The molecule has 0 unspecified atom stereocenters. The molecule has 0 saturated heterocycles. The van der Waals surface area contributed by atoms with Crippen LogP contribution < -0.4 is 56.5 Å². The van der Waals surface area contributed by atoms with Crippen molar-refractivity contribution in [2.45, 2.75) is 26.4 Å². The van der Waals surface area contributed by atoms with Crippen molar-refractivity contribution in [2.24, 2.45) is 0 Å². The fraction of sp³-hybridized carbons (Fsp3) is 1.00. The van der Waals surface area contributed by atoms with Gasteiger partial charge >= 0.3 is 51.4 Å². The van der Waals surface area contributed by atoms with E-state index in [-0.39, 0.29) is 51.4 Å². The van der Waals surface area contributed by atoms with E-state index in [9.17, 15) is 9.32 Å². The van der Waals surface area contributed by atoms with Crippen LogP contribution in [0.25, 0.3) is 0 Å². The van der Waals surface area contributed by atoms with Gasteiger partial charge in [-0.25, -0.2) is 0 Å². The zero-order chi connectivity index (χ0) is 8.08. The summed E-state index contributed by atoms with van der Waals surface area (Å²) in [6.07, 6.45) is 3.28. The van der Waals surface area contributed by atoms with E-state index in [4.69, 9.17) is 0 Å². The van der Waals surface area contributed by atoms with E-state index in [0.717, 1.165) is 0 Å². The van der Waals surface area contributed by atoms with Gasteiger partial charge in [0.1, 0.15) is 0 Å². The second-order valence-corrected chi connectivity index (χ2v) is 4.34. The zero-order valence-corrected chi connectivity index (χ0v) is 11.7. The molecule has 0 aliphatic rings. The van der Waals surface area contributed by atoms with Crippen LogP contribution in [-0.2, 0) is 10.8 Å². The van der Waals surface area contributed by atoms with Crippen molar-refractivity contribution in [1.29, 1.82) is 0 Å². The van der Waals surface area contributed by atoms with E-state index in [1.54, 1.807) is 33.3 Å². The molecule has 0 aliphatic heterocycles. The Kier molecular flexibility index (Phi) is 15.7. The summed E-state index contributed by atoms with van der Waals surface area (Å²) < 4.78 is 9.56. The molecule has 0 N–H and O–H groups in total. The van der Waals surface area contributed by atoms with Crippen LogP contribution in [0, 0.1) is 0 Å². The summed E-state index contributed by atoms with van der Waals surface area (Å²) >= 11 is 0. The van der Waals surface area contributed by atoms with Crippen molar-refractivity contribution in [1.82, 2.24) is 0 Å². The van der Waals surface area contributed by atoms with E-state index in [1.165, 1.54) is 0 Å². The molecule has 0 aromatic heterocycles. The van der Waals surface area contributed by atoms with E-state index in [2.05, 4.69) is 0 Å². The number of rotatable bonds is 0. The van der Waals surface area contributed by atoms with Gasteiger partial charge < -0.3 is 5.11 Å². The first-order valence-electron chi connectivity index (χ1n) is 2.69. The molecular formula is C6H15KO2S. The predicted molar refractivity (Wildman–Crippen MR) is 39.7 cm³/mol. The Hall–Kier alpha value is 1.75. The van der Waals surface area contributed by atoms with Gasteiger partial charge in [-0.15, -0.1) is 5.60 Å². The molecule has 0 rings (SSSR count). The zero-order valence-electron chi connectivity index (χ0n) is 7.72. The van der Waals surface area contributed by atoms with E-state index in [1.807, 2.05) is 0 Å². The van der Waals surface area contributed by atoms with Crippen LogP contribution in [0.5, 0.6) is 0 Å². The predicted octanol–water partition coefficient (Wildman–Crippen LogP) is -2.86. The maximum absolute atomic E-state index is 10.1. The molecule has 0 amide bonds. The van der Waals surface area contributed by atoms with Crippen molar-refractivity contribution in [3.8, 4) is 0 Å². The number of hydrogen-bond acceptors (Lipinski definition) is 2. The Bertz CT molecular complexity index is 78.2. The van der Waals surface area contributed by atoms with Gasteiger partial charge in [-0.3, -0.25) is 4.21 Å². The first-order chi connectivity index (χ1) is 3.73. The largest absolute Gasteiger partial charge is 1.00 e. The third-order valence-electron chi connectivity index (χ3n) is 0. The molecule has 0 bridgehead atoms. The van der Waals surface area contributed by atoms with Gasteiger partial charge in [0.05, 0.1) is 0 Å². The van der Waals surface area contributed by atoms with Crippen molar-refractivity contribution in [3.63, 3.8) is 0 Å². The molecule has 0 radical (unpaired) electrons. The minimum atomic E-state index is -0.750. The Morgan fingerprint density at radius 2 is 1.20 bits per heavy atom. The minimum absolute atomic E-state index is 0. The maximum atomic E-state index is 10.1. The monoisotopic (exact) mass is 190 g/mol. The Labute approximate surface area is 109 Å². The molecule has 2 nitrogen and oxygen atoms in total. The van der Waals surface area contributed by atoms with Gasteiger partial charge in [0.25, 0.3) is 0 Å². The van der Waals surface area contributed by atoms with Crippen molar-refractivity contribution in [3.05, 3.63) is 0 Å². The van der Waals surface area contributed by atoms with Crippen LogP contribution in [0.15, 0.2) is 0 Å². The minimum Gasteiger partial charge on any atom is -0.850 e. The topological polar surface area (TPSA) is 40.1 Å².